The van der Waals surface area contributed by atoms with Gasteiger partial charge in [-0.2, -0.15) is 13.2 Å². The van der Waals surface area contributed by atoms with E-state index in [1.807, 2.05) is 0 Å². The fraction of sp³-hybridized carbons (Fsp3) is 0.318. The molecule has 1 saturated heterocycles. The number of carbonyl (C=O) groups is 1. The molecule has 1 aliphatic rings. The molecule has 3 nitrogen and oxygen atoms in total. The third kappa shape index (κ3) is 6.42. The van der Waals surface area contributed by atoms with Gasteiger partial charge < -0.3 is 5.32 Å². The summed E-state index contributed by atoms with van der Waals surface area (Å²) in [7, 11) is 0. The van der Waals surface area contributed by atoms with Crippen LogP contribution in [0.25, 0.3) is 6.08 Å². The summed E-state index contributed by atoms with van der Waals surface area (Å²) >= 11 is 0. The Hall–Kier alpha value is -2.67. The molecule has 1 aliphatic heterocycles. The summed E-state index contributed by atoms with van der Waals surface area (Å²) in [6.45, 7) is 1.83. The van der Waals surface area contributed by atoms with Crippen molar-refractivity contribution in [3.8, 4) is 0 Å². The van der Waals surface area contributed by atoms with Gasteiger partial charge in [0.05, 0.1) is 5.56 Å². The van der Waals surface area contributed by atoms with Crippen LogP contribution in [0.3, 0.4) is 0 Å². The third-order valence-electron chi connectivity index (χ3n) is 4.87. The summed E-state index contributed by atoms with van der Waals surface area (Å²) in [5, 5.41) is 2.92. The number of rotatable bonds is 5. The maximum absolute atomic E-state index is 13.1. The number of nitrogens with one attached hydrogen (secondary N) is 1. The van der Waals surface area contributed by atoms with Gasteiger partial charge in [0.1, 0.15) is 5.82 Å². The number of carbonyl (C=O) groups excluding carboxylic acids is 1. The van der Waals surface area contributed by atoms with Gasteiger partial charge in [0.2, 0.25) is 5.91 Å². The van der Waals surface area contributed by atoms with Gasteiger partial charge in [-0.1, -0.05) is 30.3 Å². The Morgan fingerprint density at radius 1 is 1.10 bits per heavy atom. The molecule has 0 bridgehead atoms. The van der Waals surface area contributed by atoms with Crippen molar-refractivity contribution < 1.29 is 22.4 Å². The maximum atomic E-state index is 13.1. The second-order valence-corrected chi connectivity index (χ2v) is 7.15. The van der Waals surface area contributed by atoms with Crippen LogP contribution in [-0.4, -0.2) is 29.9 Å². The molecule has 0 aliphatic carbocycles. The van der Waals surface area contributed by atoms with Crippen LogP contribution in [0.4, 0.5) is 17.6 Å². The molecule has 0 saturated carbocycles. The zero-order valence-electron chi connectivity index (χ0n) is 15.8. The van der Waals surface area contributed by atoms with E-state index < -0.39 is 11.7 Å². The highest BCUT2D eigenvalue weighted by atomic mass is 19.4. The second-order valence-electron chi connectivity index (χ2n) is 7.15. The van der Waals surface area contributed by atoms with Crippen LogP contribution in [-0.2, 0) is 17.5 Å². The first kappa shape index (κ1) is 21.0. The smallest absolute Gasteiger partial charge is 0.350 e. The van der Waals surface area contributed by atoms with Crippen LogP contribution in [0.1, 0.15) is 29.5 Å². The van der Waals surface area contributed by atoms with Crippen molar-refractivity contribution in [2.75, 3.05) is 13.1 Å². The number of amides is 1. The number of nitrogens with zero attached hydrogens (tertiary/aromatic N) is 1. The van der Waals surface area contributed by atoms with Gasteiger partial charge in [-0.15, -0.1) is 0 Å². The predicted octanol–water partition coefficient (Wildman–Crippen LogP) is 4.64. The van der Waals surface area contributed by atoms with Gasteiger partial charge in [-0.3, -0.25) is 9.69 Å². The van der Waals surface area contributed by atoms with Crippen LogP contribution in [0.15, 0.2) is 54.6 Å². The van der Waals surface area contributed by atoms with E-state index in [2.05, 4.69) is 10.2 Å². The third-order valence-corrected chi connectivity index (χ3v) is 4.87. The highest BCUT2D eigenvalue weighted by Crippen LogP contribution is 2.30. The first-order chi connectivity index (χ1) is 13.8. The van der Waals surface area contributed by atoms with E-state index in [9.17, 15) is 22.4 Å². The standard InChI is InChI=1S/C22H22F4N2O/c23-19-6-2-3-16(14-19)7-8-21(29)27-20-9-11-28(12-10-20)15-17-4-1-5-18(13-17)22(24,25)26/h1-8,13-14,20H,9-12,15H2,(H,27,29)/b8-7+. The summed E-state index contributed by atoms with van der Waals surface area (Å²) in [4.78, 5) is 14.1. The average Bonchev–Trinajstić information content (AvgIpc) is 2.68. The molecular weight excluding hydrogens is 384 g/mol. The summed E-state index contributed by atoms with van der Waals surface area (Å²) in [6.07, 6.45) is 0.0360. The zero-order valence-corrected chi connectivity index (χ0v) is 15.8. The minimum Gasteiger partial charge on any atom is -0.350 e. The highest BCUT2D eigenvalue weighted by Gasteiger charge is 2.30. The van der Waals surface area contributed by atoms with E-state index in [4.69, 9.17) is 0 Å². The van der Waals surface area contributed by atoms with Crippen LogP contribution >= 0.6 is 0 Å². The molecule has 154 valence electrons. The number of piperidine rings is 1. The average molecular weight is 406 g/mol. The number of hydrogen-bond acceptors (Lipinski definition) is 2. The lowest BCUT2D eigenvalue weighted by molar-refractivity contribution is -0.137. The first-order valence-electron chi connectivity index (χ1n) is 9.42. The van der Waals surface area contributed by atoms with E-state index in [0.717, 1.165) is 18.9 Å². The largest absolute Gasteiger partial charge is 0.416 e. The monoisotopic (exact) mass is 406 g/mol. The van der Waals surface area contributed by atoms with E-state index in [0.29, 0.717) is 30.8 Å². The first-order valence-corrected chi connectivity index (χ1v) is 9.42. The molecule has 2 aromatic carbocycles. The predicted molar refractivity (Wildman–Crippen MR) is 103 cm³/mol. The molecule has 1 heterocycles. The molecule has 7 heteroatoms. The van der Waals surface area contributed by atoms with E-state index in [1.54, 1.807) is 24.3 Å². The topological polar surface area (TPSA) is 32.3 Å². The normalized spacial score (nSPS) is 16.3. The van der Waals surface area contributed by atoms with Crippen molar-refractivity contribution in [3.63, 3.8) is 0 Å². The van der Waals surface area contributed by atoms with Gasteiger partial charge >= 0.3 is 6.18 Å². The van der Waals surface area contributed by atoms with Gasteiger partial charge in [0.15, 0.2) is 0 Å². The van der Waals surface area contributed by atoms with Crippen LogP contribution in [0.5, 0.6) is 0 Å². The Morgan fingerprint density at radius 3 is 2.52 bits per heavy atom. The minimum absolute atomic E-state index is 0.0115. The van der Waals surface area contributed by atoms with Crippen molar-refractivity contribution in [2.24, 2.45) is 0 Å². The molecule has 0 atom stereocenters. The zero-order chi connectivity index (χ0) is 20.9. The summed E-state index contributed by atoms with van der Waals surface area (Å²) in [5.74, 6) is -0.605. The molecular formula is C22H22F4N2O. The maximum Gasteiger partial charge on any atom is 0.416 e. The lowest BCUT2D eigenvalue weighted by Gasteiger charge is -2.32. The molecule has 29 heavy (non-hydrogen) atoms. The number of benzene rings is 2. The Balaban J connectivity index is 1.46. The molecule has 0 spiro atoms. The summed E-state index contributed by atoms with van der Waals surface area (Å²) in [5.41, 5.74) is 0.596. The molecule has 1 amide bonds. The lowest BCUT2D eigenvalue weighted by Crippen LogP contribution is -2.43. The molecule has 0 radical (unpaired) electrons. The van der Waals surface area contributed by atoms with Gasteiger partial charge in [-0.25, -0.2) is 4.39 Å². The van der Waals surface area contributed by atoms with Crippen molar-refractivity contribution >= 4 is 12.0 Å². The Labute approximate surface area is 167 Å². The van der Waals surface area contributed by atoms with Crippen molar-refractivity contribution in [1.82, 2.24) is 10.2 Å². The Morgan fingerprint density at radius 2 is 1.83 bits per heavy atom. The van der Waals surface area contributed by atoms with E-state index in [1.165, 1.54) is 30.3 Å². The SMILES string of the molecule is O=C(/C=C/c1cccc(F)c1)NC1CCN(Cc2cccc(C(F)(F)F)c2)CC1. The van der Waals surface area contributed by atoms with Gasteiger partial charge in [-0.05, 0) is 48.2 Å². The van der Waals surface area contributed by atoms with Crippen LogP contribution in [0, 0.1) is 5.82 Å². The molecule has 3 rings (SSSR count). The van der Waals surface area contributed by atoms with Crippen LogP contribution < -0.4 is 5.32 Å². The molecule has 1 fully saturated rings. The fourth-order valence-electron chi connectivity index (χ4n) is 3.37. The summed E-state index contributed by atoms with van der Waals surface area (Å²) < 4.78 is 51.6. The Kier molecular flexibility index (Phi) is 6.69. The number of likely N-dealkylation sites (tertiary alicyclic amines) is 1. The summed E-state index contributed by atoms with van der Waals surface area (Å²) in [6, 6.07) is 11.4. The van der Waals surface area contributed by atoms with E-state index >= 15 is 0 Å². The highest BCUT2D eigenvalue weighted by molar-refractivity contribution is 5.91. The van der Waals surface area contributed by atoms with Crippen molar-refractivity contribution in [2.45, 2.75) is 31.6 Å². The van der Waals surface area contributed by atoms with Gasteiger partial charge in [0, 0.05) is 31.8 Å². The van der Waals surface area contributed by atoms with E-state index in [-0.39, 0.29) is 17.8 Å². The quantitative estimate of drug-likeness (QED) is 0.580. The number of alkyl halides is 3. The molecule has 0 aromatic heterocycles. The molecule has 2 aromatic rings. The fourth-order valence-corrected chi connectivity index (χ4v) is 3.37. The second kappa shape index (κ2) is 9.22. The van der Waals surface area contributed by atoms with Crippen molar-refractivity contribution in [1.29, 1.82) is 0 Å². The molecule has 0 unspecified atom stereocenters. The van der Waals surface area contributed by atoms with Crippen molar-refractivity contribution in [3.05, 3.63) is 77.1 Å². The number of halogens is 4. The minimum atomic E-state index is -4.34. The number of hydrogen-bond donors (Lipinski definition) is 1. The van der Waals surface area contributed by atoms with Crippen LogP contribution in [0.2, 0.25) is 0 Å². The lowest BCUT2D eigenvalue weighted by atomic mass is 10.0. The van der Waals surface area contributed by atoms with Gasteiger partial charge in [0.25, 0.3) is 0 Å². The Bertz CT molecular complexity index is 871. The molecule has 1 N–H and O–H groups in total.